The van der Waals surface area contributed by atoms with Crippen molar-refractivity contribution in [2.45, 2.75) is 19.8 Å². The van der Waals surface area contributed by atoms with Gasteiger partial charge in [0.05, 0.1) is 19.8 Å². The highest BCUT2D eigenvalue weighted by molar-refractivity contribution is 5.89. The zero-order valence-corrected chi connectivity index (χ0v) is 16.0. The van der Waals surface area contributed by atoms with E-state index in [-0.39, 0.29) is 33.7 Å². The first kappa shape index (κ1) is 19.4. The molecule has 1 heterocycles. The summed E-state index contributed by atoms with van der Waals surface area (Å²) in [6, 6.07) is 7.24. The smallest absolute Gasteiger partial charge is 0.197 e. The van der Waals surface area contributed by atoms with Crippen molar-refractivity contribution in [2.24, 2.45) is 0 Å². The van der Waals surface area contributed by atoms with Gasteiger partial charge in [-0.3, -0.25) is 4.79 Å². The van der Waals surface area contributed by atoms with Crippen LogP contribution in [0.1, 0.15) is 18.9 Å². The van der Waals surface area contributed by atoms with E-state index in [1.54, 1.807) is 6.07 Å². The summed E-state index contributed by atoms with van der Waals surface area (Å²) in [5.74, 6) is 0.884. The average Bonchev–Trinajstić information content (AvgIpc) is 2.66. The minimum absolute atomic E-state index is 0.0326. The number of phenols is 2. The molecule has 0 bridgehead atoms. The SMILES string of the molecule is C=C(C)CCc1c(OC)cc(O)c2c(=O)cc(-c3ccc(O)cc3OC)oc12. The first-order valence-corrected chi connectivity index (χ1v) is 8.74. The molecule has 0 atom stereocenters. The van der Waals surface area contributed by atoms with Crippen molar-refractivity contribution in [1.82, 2.24) is 0 Å². The van der Waals surface area contributed by atoms with Gasteiger partial charge < -0.3 is 24.1 Å². The number of hydrogen-bond donors (Lipinski definition) is 2. The second kappa shape index (κ2) is 7.68. The molecule has 0 saturated heterocycles. The van der Waals surface area contributed by atoms with Crippen LogP contribution in [0.4, 0.5) is 0 Å². The molecule has 0 amide bonds. The minimum atomic E-state index is -0.386. The maximum Gasteiger partial charge on any atom is 0.197 e. The second-order valence-corrected chi connectivity index (χ2v) is 6.60. The van der Waals surface area contributed by atoms with Crippen LogP contribution >= 0.6 is 0 Å². The molecule has 0 fully saturated rings. The molecule has 0 aliphatic rings. The number of rotatable bonds is 6. The molecular weight excluding hydrogens is 360 g/mol. The zero-order valence-electron chi connectivity index (χ0n) is 16.0. The molecule has 2 aromatic carbocycles. The van der Waals surface area contributed by atoms with Crippen LogP contribution in [0.3, 0.4) is 0 Å². The van der Waals surface area contributed by atoms with E-state index < -0.39 is 0 Å². The van der Waals surface area contributed by atoms with Crippen molar-refractivity contribution in [3.05, 3.63) is 58.3 Å². The lowest BCUT2D eigenvalue weighted by atomic mass is 10.0. The standard InChI is InChI=1S/C22H22O6/c1-12(2)5-7-15-19(27-4)10-16(24)21-17(25)11-20(28-22(15)21)14-8-6-13(23)9-18(14)26-3/h6,8-11,23-24H,1,5,7H2,2-4H3. The van der Waals surface area contributed by atoms with Gasteiger partial charge in [-0.2, -0.15) is 0 Å². The van der Waals surface area contributed by atoms with Gasteiger partial charge in [0, 0.05) is 23.8 Å². The van der Waals surface area contributed by atoms with Crippen LogP contribution in [-0.2, 0) is 6.42 Å². The number of aromatic hydroxyl groups is 2. The molecule has 0 spiro atoms. The summed E-state index contributed by atoms with van der Waals surface area (Å²) in [7, 11) is 2.96. The van der Waals surface area contributed by atoms with E-state index in [0.29, 0.717) is 35.5 Å². The third-order valence-corrected chi connectivity index (χ3v) is 4.52. The molecule has 0 unspecified atom stereocenters. The summed E-state index contributed by atoms with van der Waals surface area (Å²) in [6.45, 7) is 5.83. The molecule has 6 heteroatoms. The predicted molar refractivity (Wildman–Crippen MR) is 107 cm³/mol. The van der Waals surface area contributed by atoms with Crippen molar-refractivity contribution in [3.8, 4) is 34.3 Å². The van der Waals surface area contributed by atoms with Gasteiger partial charge in [-0.15, -0.1) is 6.58 Å². The molecule has 1 aromatic heterocycles. The molecule has 0 aliphatic carbocycles. The molecule has 0 saturated carbocycles. The summed E-state index contributed by atoms with van der Waals surface area (Å²) < 4.78 is 16.8. The molecule has 3 aromatic rings. The van der Waals surface area contributed by atoms with Gasteiger partial charge >= 0.3 is 0 Å². The van der Waals surface area contributed by atoms with Gasteiger partial charge in [0.25, 0.3) is 0 Å². The predicted octanol–water partition coefficient (Wildman–Crippen LogP) is 4.40. The highest BCUT2D eigenvalue weighted by Gasteiger charge is 2.20. The Morgan fingerprint density at radius 2 is 1.82 bits per heavy atom. The van der Waals surface area contributed by atoms with E-state index in [9.17, 15) is 15.0 Å². The monoisotopic (exact) mass is 382 g/mol. The molecular formula is C22H22O6. The third-order valence-electron chi connectivity index (χ3n) is 4.52. The maximum atomic E-state index is 12.8. The summed E-state index contributed by atoms with van der Waals surface area (Å²) >= 11 is 0. The molecule has 28 heavy (non-hydrogen) atoms. The van der Waals surface area contributed by atoms with Gasteiger partial charge in [0.15, 0.2) is 5.43 Å². The normalized spacial score (nSPS) is 10.8. The summed E-state index contributed by atoms with van der Waals surface area (Å²) in [5, 5.41) is 20.1. The van der Waals surface area contributed by atoms with E-state index in [2.05, 4.69) is 6.58 Å². The van der Waals surface area contributed by atoms with E-state index in [4.69, 9.17) is 13.9 Å². The van der Waals surface area contributed by atoms with Crippen molar-refractivity contribution >= 4 is 11.0 Å². The fourth-order valence-electron chi connectivity index (χ4n) is 3.12. The fraction of sp³-hybridized carbons (Fsp3) is 0.227. The van der Waals surface area contributed by atoms with Crippen molar-refractivity contribution in [2.75, 3.05) is 14.2 Å². The Bertz CT molecular complexity index is 1110. The van der Waals surface area contributed by atoms with Crippen molar-refractivity contribution < 1.29 is 24.1 Å². The fourth-order valence-corrected chi connectivity index (χ4v) is 3.12. The third kappa shape index (κ3) is 3.53. The van der Waals surface area contributed by atoms with E-state index in [1.165, 1.54) is 38.5 Å². The molecule has 3 rings (SSSR count). The van der Waals surface area contributed by atoms with Crippen LogP contribution in [0.5, 0.6) is 23.0 Å². The number of ether oxygens (including phenoxy) is 2. The Kier molecular flexibility index (Phi) is 5.31. The Morgan fingerprint density at radius 1 is 1.11 bits per heavy atom. The van der Waals surface area contributed by atoms with E-state index >= 15 is 0 Å². The van der Waals surface area contributed by atoms with Gasteiger partial charge in [0.1, 0.15) is 39.7 Å². The number of aryl methyl sites for hydroxylation is 1. The lowest BCUT2D eigenvalue weighted by Crippen LogP contribution is -2.05. The molecule has 146 valence electrons. The zero-order chi connectivity index (χ0) is 20.4. The molecule has 2 N–H and O–H groups in total. The van der Waals surface area contributed by atoms with Crippen LogP contribution in [0.2, 0.25) is 0 Å². The van der Waals surface area contributed by atoms with Gasteiger partial charge in [-0.05, 0) is 31.9 Å². The van der Waals surface area contributed by atoms with Crippen molar-refractivity contribution in [1.29, 1.82) is 0 Å². The number of allylic oxidation sites excluding steroid dienone is 1. The van der Waals surface area contributed by atoms with Gasteiger partial charge in [-0.25, -0.2) is 0 Å². The number of hydrogen-bond acceptors (Lipinski definition) is 6. The van der Waals surface area contributed by atoms with Gasteiger partial charge in [0.2, 0.25) is 0 Å². The Labute approximate surface area is 162 Å². The molecule has 0 aliphatic heterocycles. The molecule has 0 radical (unpaired) electrons. The van der Waals surface area contributed by atoms with E-state index in [0.717, 1.165) is 5.57 Å². The van der Waals surface area contributed by atoms with E-state index in [1.807, 2.05) is 6.92 Å². The second-order valence-electron chi connectivity index (χ2n) is 6.60. The van der Waals surface area contributed by atoms with Gasteiger partial charge in [-0.1, -0.05) is 5.57 Å². The first-order chi connectivity index (χ1) is 13.3. The van der Waals surface area contributed by atoms with Crippen LogP contribution in [-0.4, -0.2) is 24.4 Å². The van der Waals surface area contributed by atoms with Crippen LogP contribution in [0, 0.1) is 0 Å². The average molecular weight is 382 g/mol. The highest BCUT2D eigenvalue weighted by Crippen LogP contribution is 2.39. The summed E-state index contributed by atoms with van der Waals surface area (Å²) in [5.41, 5.74) is 2.03. The number of fused-ring (bicyclic) bond motifs is 1. The largest absolute Gasteiger partial charge is 0.508 e. The lowest BCUT2D eigenvalue weighted by molar-refractivity contribution is 0.402. The lowest BCUT2D eigenvalue weighted by Gasteiger charge is -2.14. The quantitative estimate of drug-likeness (QED) is 0.615. The Balaban J connectivity index is 2.33. The number of benzene rings is 2. The Morgan fingerprint density at radius 3 is 2.46 bits per heavy atom. The topological polar surface area (TPSA) is 89.1 Å². The highest BCUT2D eigenvalue weighted by atomic mass is 16.5. The van der Waals surface area contributed by atoms with Crippen LogP contribution < -0.4 is 14.9 Å². The first-order valence-electron chi connectivity index (χ1n) is 8.74. The summed E-state index contributed by atoms with van der Waals surface area (Å²) in [4.78, 5) is 12.8. The number of phenolic OH excluding ortho intramolecular Hbond substituents is 2. The van der Waals surface area contributed by atoms with Crippen LogP contribution in [0.15, 0.2) is 51.7 Å². The number of methoxy groups -OCH3 is 2. The maximum absolute atomic E-state index is 12.8. The minimum Gasteiger partial charge on any atom is -0.508 e. The van der Waals surface area contributed by atoms with Crippen LogP contribution in [0.25, 0.3) is 22.3 Å². The Hall–Kier alpha value is -3.41. The summed E-state index contributed by atoms with van der Waals surface area (Å²) in [6.07, 6.45) is 1.21. The molecule has 6 nitrogen and oxygen atoms in total. The van der Waals surface area contributed by atoms with Crippen molar-refractivity contribution in [3.63, 3.8) is 0 Å².